The van der Waals surface area contributed by atoms with Crippen LogP contribution in [0, 0.1) is 6.92 Å². The lowest BCUT2D eigenvalue weighted by Crippen LogP contribution is -2.56. The Bertz CT molecular complexity index is 1330. The van der Waals surface area contributed by atoms with Crippen LogP contribution < -0.4 is 10.2 Å². The quantitative estimate of drug-likeness (QED) is 0.395. The molecule has 3 aromatic rings. The molecule has 1 aliphatic heterocycles. The van der Waals surface area contributed by atoms with Gasteiger partial charge in [0.2, 0.25) is 0 Å². The zero-order chi connectivity index (χ0) is 25.2. The van der Waals surface area contributed by atoms with Gasteiger partial charge in [0.25, 0.3) is 5.91 Å². The lowest BCUT2D eigenvalue weighted by Gasteiger charge is -2.40. The van der Waals surface area contributed by atoms with Crippen molar-refractivity contribution in [3.8, 4) is 0 Å². The lowest BCUT2D eigenvalue weighted by atomic mass is 9.83. The number of anilines is 1. The first-order chi connectivity index (χ1) is 17.5. The number of hydrogen-bond acceptors (Lipinski definition) is 5. The van der Waals surface area contributed by atoms with E-state index in [1.165, 1.54) is 11.3 Å². The van der Waals surface area contributed by atoms with E-state index in [0.29, 0.717) is 27.8 Å². The molecule has 1 fully saturated rings. The van der Waals surface area contributed by atoms with Gasteiger partial charge >= 0.3 is 0 Å². The number of fused-ring (bicyclic) bond motifs is 2. The molecule has 0 aromatic heterocycles. The Morgan fingerprint density at radius 2 is 1.49 bits per heavy atom. The Labute approximate surface area is 224 Å². The van der Waals surface area contributed by atoms with Crippen LogP contribution in [0.2, 0.25) is 0 Å². The second kappa shape index (κ2) is 11.3. The maximum atomic E-state index is 13.3. The van der Waals surface area contributed by atoms with Crippen LogP contribution in [0.3, 0.4) is 0 Å². The Balaban J connectivity index is 0.00000320. The molecule has 1 amide bonds. The van der Waals surface area contributed by atoms with E-state index in [9.17, 15) is 14.4 Å². The van der Waals surface area contributed by atoms with Gasteiger partial charge in [-0.3, -0.25) is 19.3 Å². The van der Waals surface area contributed by atoms with Gasteiger partial charge in [0.1, 0.15) is 0 Å². The summed E-state index contributed by atoms with van der Waals surface area (Å²) in [5.74, 6) is -0.619. The zero-order valence-electron chi connectivity index (χ0n) is 21.2. The van der Waals surface area contributed by atoms with Gasteiger partial charge in [0, 0.05) is 59.7 Å². The SMILES string of the molecule is CCCC(NC(=O)c1ccc2c(c1)C(=O)c1ccccc1C2=O)N1CCN(c2cccc(C)c2)CC1.Cl. The van der Waals surface area contributed by atoms with E-state index < -0.39 is 0 Å². The van der Waals surface area contributed by atoms with Crippen molar-refractivity contribution in [2.75, 3.05) is 31.1 Å². The second-order valence-corrected chi connectivity index (χ2v) is 9.60. The summed E-state index contributed by atoms with van der Waals surface area (Å²) in [4.78, 5) is 43.9. The first-order valence-corrected chi connectivity index (χ1v) is 12.6. The molecule has 0 spiro atoms. The highest BCUT2D eigenvalue weighted by atomic mass is 35.5. The summed E-state index contributed by atoms with van der Waals surface area (Å²) in [6.45, 7) is 7.72. The van der Waals surface area contributed by atoms with Gasteiger partial charge in [-0.1, -0.05) is 49.7 Å². The monoisotopic (exact) mass is 517 g/mol. The molecular formula is C30H32ClN3O3. The Kier molecular flexibility index (Phi) is 8.10. The molecule has 1 atom stereocenters. The van der Waals surface area contributed by atoms with E-state index in [0.717, 1.165) is 39.0 Å². The van der Waals surface area contributed by atoms with Crippen molar-refractivity contribution in [1.82, 2.24) is 10.2 Å². The molecule has 37 heavy (non-hydrogen) atoms. The van der Waals surface area contributed by atoms with Crippen LogP contribution in [-0.2, 0) is 0 Å². The van der Waals surface area contributed by atoms with Gasteiger partial charge in [0.05, 0.1) is 6.17 Å². The number of ketones is 2. The molecule has 0 radical (unpaired) electrons. The van der Waals surface area contributed by atoms with E-state index in [2.05, 4.69) is 53.2 Å². The van der Waals surface area contributed by atoms with Crippen LogP contribution in [-0.4, -0.2) is 54.7 Å². The highest BCUT2D eigenvalue weighted by Crippen LogP contribution is 2.28. The molecule has 6 nitrogen and oxygen atoms in total. The van der Waals surface area contributed by atoms with Gasteiger partial charge in [-0.2, -0.15) is 0 Å². The molecule has 0 saturated carbocycles. The third kappa shape index (κ3) is 5.31. The predicted octanol–water partition coefficient (Wildman–Crippen LogP) is 4.87. The molecule has 1 saturated heterocycles. The number of piperazine rings is 1. The summed E-state index contributed by atoms with van der Waals surface area (Å²) in [5.41, 5.74) is 4.34. The van der Waals surface area contributed by atoms with Gasteiger partial charge in [-0.05, 0) is 49.2 Å². The molecule has 3 aromatic carbocycles. The second-order valence-electron chi connectivity index (χ2n) is 9.60. The Morgan fingerprint density at radius 3 is 2.14 bits per heavy atom. The highest BCUT2D eigenvalue weighted by molar-refractivity contribution is 6.28. The average Bonchev–Trinajstić information content (AvgIpc) is 2.91. The van der Waals surface area contributed by atoms with Gasteiger partial charge in [-0.15, -0.1) is 12.4 Å². The van der Waals surface area contributed by atoms with Crippen molar-refractivity contribution in [2.24, 2.45) is 0 Å². The standard InChI is InChI=1S/C30H31N3O3.ClH/c1-3-7-27(33-16-14-32(15-17-33)22-9-6-8-20(2)18-22)31-30(36)21-12-13-25-26(19-21)29(35)24-11-5-4-10-23(24)28(25)34;/h4-6,8-13,18-19,27H,3,7,14-17H2,1-2H3,(H,31,36);1H. The smallest absolute Gasteiger partial charge is 0.252 e. The minimum Gasteiger partial charge on any atom is -0.369 e. The molecular weight excluding hydrogens is 486 g/mol. The molecule has 1 N–H and O–H groups in total. The summed E-state index contributed by atoms with van der Waals surface area (Å²) in [6.07, 6.45) is 1.69. The number of nitrogens with one attached hydrogen (secondary N) is 1. The fourth-order valence-electron chi connectivity index (χ4n) is 5.21. The molecule has 192 valence electrons. The summed E-state index contributed by atoms with van der Waals surface area (Å²) in [7, 11) is 0. The van der Waals surface area contributed by atoms with Crippen molar-refractivity contribution >= 4 is 35.6 Å². The van der Waals surface area contributed by atoms with E-state index in [-0.39, 0.29) is 36.0 Å². The van der Waals surface area contributed by atoms with E-state index in [4.69, 9.17) is 0 Å². The van der Waals surface area contributed by atoms with Crippen LogP contribution >= 0.6 is 12.4 Å². The first-order valence-electron chi connectivity index (χ1n) is 12.6. The molecule has 5 rings (SSSR count). The van der Waals surface area contributed by atoms with E-state index >= 15 is 0 Å². The summed E-state index contributed by atoms with van der Waals surface area (Å²) >= 11 is 0. The molecule has 1 heterocycles. The van der Waals surface area contributed by atoms with Crippen LogP contribution in [0.1, 0.15) is 67.5 Å². The molecule has 7 heteroatoms. The minimum absolute atomic E-state index is 0. The number of aryl methyl sites for hydroxylation is 1. The third-order valence-corrected chi connectivity index (χ3v) is 7.17. The maximum Gasteiger partial charge on any atom is 0.252 e. The van der Waals surface area contributed by atoms with Crippen molar-refractivity contribution in [2.45, 2.75) is 32.9 Å². The average molecular weight is 518 g/mol. The molecule has 1 unspecified atom stereocenters. The normalized spacial score (nSPS) is 15.9. The van der Waals surface area contributed by atoms with Gasteiger partial charge in [-0.25, -0.2) is 0 Å². The van der Waals surface area contributed by atoms with Gasteiger partial charge < -0.3 is 10.2 Å². The van der Waals surface area contributed by atoms with E-state index in [1.54, 1.807) is 42.5 Å². The number of carbonyl (C=O) groups excluding carboxylic acids is 3. The summed E-state index contributed by atoms with van der Waals surface area (Å²) in [5, 5.41) is 3.19. The molecule has 0 bridgehead atoms. The topological polar surface area (TPSA) is 69.7 Å². The largest absolute Gasteiger partial charge is 0.369 e. The van der Waals surface area contributed by atoms with Crippen LogP contribution in [0.5, 0.6) is 0 Å². The predicted molar refractivity (Wildman–Crippen MR) is 148 cm³/mol. The fraction of sp³-hybridized carbons (Fsp3) is 0.300. The van der Waals surface area contributed by atoms with Crippen molar-refractivity contribution in [1.29, 1.82) is 0 Å². The number of rotatable bonds is 6. The van der Waals surface area contributed by atoms with E-state index in [1.807, 2.05) is 0 Å². The van der Waals surface area contributed by atoms with Crippen molar-refractivity contribution in [3.63, 3.8) is 0 Å². The molecule has 2 aliphatic rings. The number of hydrogen-bond donors (Lipinski definition) is 1. The van der Waals surface area contributed by atoms with Crippen molar-refractivity contribution in [3.05, 3.63) is 100 Å². The maximum absolute atomic E-state index is 13.3. The third-order valence-electron chi connectivity index (χ3n) is 7.17. The fourth-order valence-corrected chi connectivity index (χ4v) is 5.21. The summed E-state index contributed by atoms with van der Waals surface area (Å²) in [6, 6.07) is 20.2. The summed E-state index contributed by atoms with van der Waals surface area (Å²) < 4.78 is 0. The highest BCUT2D eigenvalue weighted by Gasteiger charge is 2.31. The zero-order valence-corrected chi connectivity index (χ0v) is 22.0. The molecule has 1 aliphatic carbocycles. The number of benzene rings is 3. The van der Waals surface area contributed by atoms with Gasteiger partial charge in [0.15, 0.2) is 11.6 Å². The first kappa shape index (κ1) is 26.6. The minimum atomic E-state index is -0.225. The number of amides is 1. The Hall–Kier alpha value is -3.48. The van der Waals surface area contributed by atoms with Crippen LogP contribution in [0.4, 0.5) is 5.69 Å². The van der Waals surface area contributed by atoms with Crippen LogP contribution in [0.15, 0.2) is 66.7 Å². The number of halogens is 1. The van der Waals surface area contributed by atoms with Crippen molar-refractivity contribution < 1.29 is 14.4 Å². The number of nitrogens with zero attached hydrogens (tertiary/aromatic N) is 2. The lowest BCUT2D eigenvalue weighted by molar-refractivity contribution is 0.0824. The van der Waals surface area contributed by atoms with Crippen LogP contribution in [0.25, 0.3) is 0 Å². The Morgan fingerprint density at radius 1 is 0.838 bits per heavy atom. The number of carbonyl (C=O) groups is 3.